The Bertz CT molecular complexity index is 1230. The Hall–Kier alpha value is -3.98. The van der Waals surface area contributed by atoms with Crippen LogP contribution in [0.4, 0.5) is 0 Å². The molecule has 0 aliphatic carbocycles. The zero-order valence-electron chi connectivity index (χ0n) is 19.5. The standard InChI is InChI=1S/C26H27N5O4/c1-34-21-9-5-6-19(16-21)10-11-24(32)29-12-14-30(15-13-29)26(33)25-22-18-35-23(17-31(22)28-27-25)20-7-3-2-4-8-20/h2-11,16,23H,12-15,17-18H2,1H3/b11-10+/t23-/m1/s1. The molecule has 2 aromatic carbocycles. The van der Waals surface area contributed by atoms with E-state index in [2.05, 4.69) is 10.3 Å². The third-order valence-electron chi connectivity index (χ3n) is 6.36. The van der Waals surface area contributed by atoms with Crippen molar-refractivity contribution in [2.45, 2.75) is 19.3 Å². The highest BCUT2D eigenvalue weighted by molar-refractivity contribution is 5.94. The fraction of sp³-hybridized carbons (Fsp3) is 0.308. The number of hydrogen-bond acceptors (Lipinski definition) is 6. The number of fused-ring (bicyclic) bond motifs is 1. The van der Waals surface area contributed by atoms with E-state index in [9.17, 15) is 9.59 Å². The van der Waals surface area contributed by atoms with Crippen molar-refractivity contribution in [1.82, 2.24) is 24.8 Å². The third kappa shape index (κ3) is 4.95. The highest BCUT2D eigenvalue weighted by Crippen LogP contribution is 2.27. The molecule has 0 bridgehead atoms. The summed E-state index contributed by atoms with van der Waals surface area (Å²) >= 11 is 0. The van der Waals surface area contributed by atoms with Crippen LogP contribution in [0, 0.1) is 0 Å². The molecule has 180 valence electrons. The van der Waals surface area contributed by atoms with Crippen LogP contribution in [0.15, 0.2) is 60.7 Å². The molecule has 0 unspecified atom stereocenters. The Kier molecular flexibility index (Phi) is 6.58. The van der Waals surface area contributed by atoms with E-state index in [-0.39, 0.29) is 24.5 Å². The monoisotopic (exact) mass is 473 g/mol. The number of nitrogens with zero attached hydrogens (tertiary/aromatic N) is 5. The van der Waals surface area contributed by atoms with Crippen LogP contribution in [0.25, 0.3) is 6.08 Å². The zero-order chi connectivity index (χ0) is 24.2. The van der Waals surface area contributed by atoms with Crippen LogP contribution in [-0.4, -0.2) is 69.9 Å². The molecule has 2 aliphatic rings. The molecule has 9 nitrogen and oxygen atoms in total. The lowest BCUT2D eigenvalue weighted by Gasteiger charge is -2.34. The van der Waals surface area contributed by atoms with Crippen molar-refractivity contribution in [3.05, 3.63) is 83.2 Å². The lowest BCUT2D eigenvalue weighted by atomic mass is 10.1. The minimum Gasteiger partial charge on any atom is -0.497 e. The molecule has 2 aliphatic heterocycles. The van der Waals surface area contributed by atoms with Gasteiger partial charge in [0.25, 0.3) is 5.91 Å². The second-order valence-corrected chi connectivity index (χ2v) is 8.50. The van der Waals surface area contributed by atoms with Gasteiger partial charge in [-0.2, -0.15) is 0 Å². The maximum Gasteiger partial charge on any atom is 0.276 e. The molecule has 1 aromatic heterocycles. The molecular formula is C26H27N5O4. The predicted molar refractivity (Wildman–Crippen MR) is 129 cm³/mol. The summed E-state index contributed by atoms with van der Waals surface area (Å²) in [6.45, 7) is 2.60. The first-order valence-electron chi connectivity index (χ1n) is 11.6. The van der Waals surface area contributed by atoms with Gasteiger partial charge in [-0.1, -0.05) is 47.7 Å². The van der Waals surface area contributed by atoms with E-state index in [4.69, 9.17) is 9.47 Å². The van der Waals surface area contributed by atoms with Crippen molar-refractivity contribution in [2.75, 3.05) is 33.3 Å². The van der Waals surface area contributed by atoms with Gasteiger partial charge in [0.15, 0.2) is 5.69 Å². The fourth-order valence-corrected chi connectivity index (χ4v) is 4.34. The van der Waals surface area contributed by atoms with Crippen molar-refractivity contribution in [3.63, 3.8) is 0 Å². The van der Waals surface area contributed by atoms with Gasteiger partial charge in [-0.15, -0.1) is 5.10 Å². The number of benzene rings is 2. The van der Waals surface area contributed by atoms with E-state index in [0.29, 0.717) is 44.1 Å². The van der Waals surface area contributed by atoms with E-state index < -0.39 is 0 Å². The number of amides is 2. The number of carbonyl (C=O) groups excluding carboxylic acids is 2. The van der Waals surface area contributed by atoms with Gasteiger partial charge < -0.3 is 19.3 Å². The number of methoxy groups -OCH3 is 1. The van der Waals surface area contributed by atoms with Crippen molar-refractivity contribution in [3.8, 4) is 5.75 Å². The molecule has 5 rings (SSSR count). The van der Waals surface area contributed by atoms with Crippen molar-refractivity contribution in [1.29, 1.82) is 0 Å². The first-order valence-corrected chi connectivity index (χ1v) is 11.6. The van der Waals surface area contributed by atoms with Crippen molar-refractivity contribution in [2.24, 2.45) is 0 Å². The highest BCUT2D eigenvalue weighted by atomic mass is 16.5. The molecule has 0 N–H and O–H groups in total. The number of rotatable bonds is 5. The Labute approximate surface area is 203 Å². The highest BCUT2D eigenvalue weighted by Gasteiger charge is 2.31. The Morgan fingerprint density at radius 2 is 1.80 bits per heavy atom. The molecule has 0 saturated carbocycles. The van der Waals surface area contributed by atoms with Gasteiger partial charge >= 0.3 is 0 Å². The number of aromatic nitrogens is 3. The van der Waals surface area contributed by atoms with Crippen LogP contribution in [-0.2, 0) is 22.7 Å². The predicted octanol–water partition coefficient (Wildman–Crippen LogP) is 2.56. The molecule has 0 spiro atoms. The Balaban J connectivity index is 1.18. The number of piperazine rings is 1. The van der Waals surface area contributed by atoms with Crippen LogP contribution in [0.5, 0.6) is 5.75 Å². The van der Waals surface area contributed by atoms with Gasteiger partial charge in [-0.05, 0) is 29.3 Å². The summed E-state index contributed by atoms with van der Waals surface area (Å²) in [7, 11) is 1.61. The number of carbonyl (C=O) groups is 2. The van der Waals surface area contributed by atoms with Crippen LogP contribution >= 0.6 is 0 Å². The third-order valence-corrected chi connectivity index (χ3v) is 6.36. The first-order chi connectivity index (χ1) is 17.1. The molecule has 3 heterocycles. The van der Waals surface area contributed by atoms with Gasteiger partial charge in [0, 0.05) is 32.3 Å². The van der Waals surface area contributed by atoms with Crippen molar-refractivity contribution >= 4 is 17.9 Å². The summed E-state index contributed by atoms with van der Waals surface area (Å²) in [5.41, 5.74) is 2.99. The molecular weight excluding hydrogens is 446 g/mol. The van der Waals surface area contributed by atoms with Crippen LogP contribution < -0.4 is 4.74 Å². The van der Waals surface area contributed by atoms with Gasteiger partial charge in [-0.25, -0.2) is 4.68 Å². The molecule has 9 heteroatoms. The van der Waals surface area contributed by atoms with Gasteiger partial charge in [0.05, 0.1) is 26.0 Å². The first kappa shape index (κ1) is 22.8. The lowest BCUT2D eigenvalue weighted by molar-refractivity contribution is -0.127. The number of ether oxygens (including phenoxy) is 2. The van der Waals surface area contributed by atoms with E-state index in [1.54, 1.807) is 33.7 Å². The smallest absolute Gasteiger partial charge is 0.276 e. The summed E-state index contributed by atoms with van der Waals surface area (Å²) in [6, 6.07) is 17.5. The fourth-order valence-electron chi connectivity index (χ4n) is 4.34. The van der Waals surface area contributed by atoms with Gasteiger partial charge in [0.2, 0.25) is 5.91 Å². The Morgan fingerprint density at radius 1 is 1.03 bits per heavy atom. The maximum atomic E-state index is 13.2. The largest absolute Gasteiger partial charge is 0.497 e. The molecule has 35 heavy (non-hydrogen) atoms. The van der Waals surface area contributed by atoms with E-state index in [0.717, 1.165) is 16.9 Å². The van der Waals surface area contributed by atoms with Gasteiger partial charge in [-0.3, -0.25) is 9.59 Å². The van der Waals surface area contributed by atoms with E-state index >= 15 is 0 Å². The lowest BCUT2D eigenvalue weighted by Crippen LogP contribution is -2.50. The molecule has 1 saturated heterocycles. The SMILES string of the molecule is COc1cccc(/C=C/C(=O)N2CCN(C(=O)c3nnn4c3CO[C@@H](c3ccccc3)C4)CC2)c1. The summed E-state index contributed by atoms with van der Waals surface area (Å²) in [5, 5.41) is 8.39. The zero-order valence-corrected chi connectivity index (χ0v) is 19.5. The molecule has 1 fully saturated rings. The number of hydrogen-bond donors (Lipinski definition) is 0. The summed E-state index contributed by atoms with van der Waals surface area (Å²) < 4.78 is 13.0. The average molecular weight is 474 g/mol. The molecule has 3 aromatic rings. The van der Waals surface area contributed by atoms with Gasteiger partial charge in [0.1, 0.15) is 11.9 Å². The summed E-state index contributed by atoms with van der Waals surface area (Å²) in [5.74, 6) is 0.483. The van der Waals surface area contributed by atoms with Crippen molar-refractivity contribution < 1.29 is 19.1 Å². The second kappa shape index (κ2) is 10.1. The summed E-state index contributed by atoms with van der Waals surface area (Å²) in [6.07, 6.45) is 3.21. The quantitative estimate of drug-likeness (QED) is 0.529. The average Bonchev–Trinajstić information content (AvgIpc) is 3.35. The topological polar surface area (TPSA) is 89.8 Å². The van der Waals surface area contributed by atoms with Crippen LogP contribution in [0.3, 0.4) is 0 Å². The molecule has 0 radical (unpaired) electrons. The van der Waals surface area contributed by atoms with E-state index in [1.165, 1.54) is 0 Å². The molecule has 2 amide bonds. The second-order valence-electron chi connectivity index (χ2n) is 8.50. The minimum atomic E-state index is -0.174. The summed E-state index contributed by atoms with van der Waals surface area (Å²) in [4.78, 5) is 29.3. The maximum absolute atomic E-state index is 13.2. The van der Waals surface area contributed by atoms with Crippen LogP contribution in [0.2, 0.25) is 0 Å². The molecule has 1 atom stereocenters. The van der Waals surface area contributed by atoms with Crippen LogP contribution in [0.1, 0.15) is 33.4 Å². The minimum absolute atomic E-state index is 0.0821. The van der Waals surface area contributed by atoms with E-state index in [1.807, 2.05) is 54.6 Å². The Morgan fingerprint density at radius 3 is 2.57 bits per heavy atom. The normalized spacial score (nSPS) is 17.9.